The van der Waals surface area contributed by atoms with E-state index in [-0.39, 0.29) is 17.4 Å². The van der Waals surface area contributed by atoms with Crippen molar-refractivity contribution in [3.8, 4) is 11.3 Å². The molecule has 84 valence electrons. The largest absolute Gasteiger partial charge is 0.459 e. The first-order chi connectivity index (χ1) is 7.58. The minimum absolute atomic E-state index is 0.104. The number of hydrogen-bond acceptors (Lipinski definition) is 2. The fourth-order valence-electron chi connectivity index (χ4n) is 1.43. The van der Waals surface area contributed by atoms with Crippen LogP contribution in [-0.2, 0) is 0 Å². The van der Waals surface area contributed by atoms with E-state index in [4.69, 9.17) is 10.2 Å². The van der Waals surface area contributed by atoms with Crippen molar-refractivity contribution in [1.29, 1.82) is 0 Å². The van der Waals surface area contributed by atoms with E-state index in [0.717, 1.165) is 18.2 Å². The fourth-order valence-corrected chi connectivity index (χ4v) is 1.43. The maximum absolute atomic E-state index is 13.4. The second-order valence-electron chi connectivity index (χ2n) is 3.61. The molecule has 0 spiro atoms. The van der Waals surface area contributed by atoms with Crippen LogP contribution < -0.4 is 5.73 Å². The zero-order chi connectivity index (χ0) is 11.7. The average Bonchev–Trinajstić information content (AvgIpc) is 2.70. The summed E-state index contributed by atoms with van der Waals surface area (Å²) >= 11 is 0. The van der Waals surface area contributed by atoms with Crippen LogP contribution in [0.3, 0.4) is 0 Å². The molecule has 0 aliphatic rings. The Morgan fingerprint density at radius 2 is 1.94 bits per heavy atom. The molecule has 1 atom stereocenters. The Morgan fingerprint density at radius 1 is 1.19 bits per heavy atom. The van der Waals surface area contributed by atoms with Crippen LogP contribution in [0, 0.1) is 11.6 Å². The summed E-state index contributed by atoms with van der Waals surface area (Å²) in [6.07, 6.45) is 0. The highest BCUT2D eigenvalue weighted by Gasteiger charge is 2.12. The smallest absolute Gasteiger partial charge is 0.137 e. The Hall–Kier alpha value is -1.68. The van der Waals surface area contributed by atoms with Crippen molar-refractivity contribution in [2.24, 2.45) is 5.73 Å². The number of furan rings is 1. The molecule has 1 unspecified atom stereocenters. The summed E-state index contributed by atoms with van der Waals surface area (Å²) in [6.45, 7) is 1.75. The lowest BCUT2D eigenvalue weighted by molar-refractivity contribution is 0.487. The highest BCUT2D eigenvalue weighted by molar-refractivity contribution is 5.58. The van der Waals surface area contributed by atoms with Gasteiger partial charge in [-0.05, 0) is 37.3 Å². The van der Waals surface area contributed by atoms with E-state index < -0.39 is 11.6 Å². The van der Waals surface area contributed by atoms with Crippen molar-refractivity contribution in [2.45, 2.75) is 13.0 Å². The molecule has 1 heterocycles. The number of benzene rings is 1. The molecule has 2 aromatic rings. The lowest BCUT2D eigenvalue weighted by Crippen LogP contribution is -2.02. The molecule has 0 bridgehead atoms. The van der Waals surface area contributed by atoms with Crippen LogP contribution in [0.2, 0.25) is 0 Å². The van der Waals surface area contributed by atoms with Gasteiger partial charge in [0, 0.05) is 0 Å². The molecule has 0 fully saturated rings. The first-order valence-corrected chi connectivity index (χ1v) is 4.88. The predicted molar refractivity (Wildman–Crippen MR) is 56.7 cm³/mol. The summed E-state index contributed by atoms with van der Waals surface area (Å²) in [6, 6.07) is 6.19. The molecular formula is C12H11F2NO. The number of hydrogen-bond donors (Lipinski definition) is 1. The molecule has 2 rings (SSSR count). The summed E-state index contributed by atoms with van der Waals surface area (Å²) < 4.78 is 31.7. The molecular weight excluding hydrogens is 212 g/mol. The summed E-state index contributed by atoms with van der Waals surface area (Å²) in [5, 5.41) is 0. The number of rotatable bonds is 2. The molecule has 0 saturated heterocycles. The Morgan fingerprint density at radius 3 is 2.56 bits per heavy atom. The van der Waals surface area contributed by atoms with Crippen LogP contribution in [0.5, 0.6) is 0 Å². The van der Waals surface area contributed by atoms with Crippen molar-refractivity contribution >= 4 is 0 Å². The van der Waals surface area contributed by atoms with Crippen molar-refractivity contribution in [1.82, 2.24) is 0 Å². The lowest BCUT2D eigenvalue weighted by atomic mass is 10.1. The first-order valence-electron chi connectivity index (χ1n) is 4.88. The second-order valence-corrected chi connectivity index (χ2v) is 3.61. The quantitative estimate of drug-likeness (QED) is 0.848. The first kappa shape index (κ1) is 10.8. The maximum atomic E-state index is 13.4. The Kier molecular flexibility index (Phi) is 2.75. The SMILES string of the molecule is CC(N)c1ccc(-c2cc(F)ccc2F)o1. The summed E-state index contributed by atoms with van der Waals surface area (Å²) in [4.78, 5) is 0. The Bertz CT molecular complexity index is 505. The molecule has 0 aliphatic carbocycles. The zero-order valence-corrected chi connectivity index (χ0v) is 8.71. The van der Waals surface area contributed by atoms with Gasteiger partial charge in [0.15, 0.2) is 0 Å². The third kappa shape index (κ3) is 1.97. The highest BCUT2D eigenvalue weighted by Crippen LogP contribution is 2.27. The van der Waals surface area contributed by atoms with Gasteiger partial charge in [0.25, 0.3) is 0 Å². The number of nitrogens with two attached hydrogens (primary N) is 1. The molecule has 0 saturated carbocycles. The number of halogens is 2. The average molecular weight is 223 g/mol. The minimum Gasteiger partial charge on any atom is -0.459 e. The molecule has 1 aromatic carbocycles. The second kappa shape index (κ2) is 4.06. The van der Waals surface area contributed by atoms with Crippen molar-refractivity contribution in [3.05, 3.63) is 47.7 Å². The lowest BCUT2D eigenvalue weighted by Gasteiger charge is -2.01. The predicted octanol–water partition coefficient (Wildman–Crippen LogP) is 3.24. The normalized spacial score (nSPS) is 12.8. The monoisotopic (exact) mass is 223 g/mol. The van der Waals surface area contributed by atoms with E-state index >= 15 is 0 Å². The molecule has 16 heavy (non-hydrogen) atoms. The van der Waals surface area contributed by atoms with E-state index in [9.17, 15) is 8.78 Å². The fraction of sp³-hybridized carbons (Fsp3) is 0.167. The van der Waals surface area contributed by atoms with Gasteiger partial charge in [-0.3, -0.25) is 0 Å². The Labute approximate surface area is 91.7 Å². The molecule has 0 amide bonds. The summed E-state index contributed by atoms with van der Waals surface area (Å²) in [5.41, 5.74) is 5.72. The highest BCUT2D eigenvalue weighted by atomic mass is 19.1. The molecule has 2 nitrogen and oxygen atoms in total. The van der Waals surface area contributed by atoms with E-state index in [1.165, 1.54) is 0 Å². The van der Waals surface area contributed by atoms with Crippen LogP contribution >= 0.6 is 0 Å². The van der Waals surface area contributed by atoms with Gasteiger partial charge in [0.05, 0.1) is 11.6 Å². The summed E-state index contributed by atoms with van der Waals surface area (Å²) in [7, 11) is 0. The Balaban J connectivity index is 2.46. The van der Waals surface area contributed by atoms with Gasteiger partial charge >= 0.3 is 0 Å². The van der Waals surface area contributed by atoms with Crippen LogP contribution in [-0.4, -0.2) is 0 Å². The van der Waals surface area contributed by atoms with Gasteiger partial charge in [0.2, 0.25) is 0 Å². The van der Waals surface area contributed by atoms with Crippen LogP contribution in [0.4, 0.5) is 8.78 Å². The topological polar surface area (TPSA) is 39.2 Å². The third-order valence-electron chi connectivity index (χ3n) is 2.27. The van der Waals surface area contributed by atoms with Crippen LogP contribution in [0.25, 0.3) is 11.3 Å². The van der Waals surface area contributed by atoms with E-state index in [1.807, 2.05) is 0 Å². The third-order valence-corrected chi connectivity index (χ3v) is 2.27. The van der Waals surface area contributed by atoms with Gasteiger partial charge in [-0.25, -0.2) is 8.78 Å². The van der Waals surface area contributed by atoms with Crippen molar-refractivity contribution < 1.29 is 13.2 Å². The standard InChI is InChI=1S/C12H11F2NO/c1-7(15)11-4-5-12(16-11)9-6-8(13)2-3-10(9)14/h2-7H,15H2,1H3. The molecule has 0 radical (unpaired) electrons. The van der Waals surface area contributed by atoms with Crippen molar-refractivity contribution in [3.63, 3.8) is 0 Å². The molecule has 0 aliphatic heterocycles. The molecule has 1 aromatic heterocycles. The molecule has 4 heteroatoms. The van der Waals surface area contributed by atoms with E-state index in [2.05, 4.69) is 0 Å². The van der Waals surface area contributed by atoms with Gasteiger partial charge < -0.3 is 10.2 Å². The summed E-state index contributed by atoms with van der Waals surface area (Å²) in [5.74, 6) is -0.204. The van der Waals surface area contributed by atoms with Crippen LogP contribution in [0.1, 0.15) is 18.7 Å². The maximum Gasteiger partial charge on any atom is 0.137 e. The van der Waals surface area contributed by atoms with Crippen LogP contribution in [0.15, 0.2) is 34.7 Å². The minimum atomic E-state index is -0.521. The zero-order valence-electron chi connectivity index (χ0n) is 8.71. The van der Waals surface area contributed by atoms with E-state index in [0.29, 0.717) is 5.76 Å². The van der Waals surface area contributed by atoms with Gasteiger partial charge in [-0.2, -0.15) is 0 Å². The van der Waals surface area contributed by atoms with Gasteiger partial charge in [-0.15, -0.1) is 0 Å². The van der Waals surface area contributed by atoms with Crippen molar-refractivity contribution in [2.75, 3.05) is 0 Å². The molecule has 2 N–H and O–H groups in total. The van der Waals surface area contributed by atoms with Gasteiger partial charge in [0.1, 0.15) is 23.2 Å². The van der Waals surface area contributed by atoms with Gasteiger partial charge in [-0.1, -0.05) is 0 Å². The van der Waals surface area contributed by atoms with E-state index in [1.54, 1.807) is 19.1 Å².